The minimum Gasteiger partial charge on any atom is -0.368 e. The molecule has 0 spiro atoms. The molecule has 0 aromatic heterocycles. The van der Waals surface area contributed by atoms with Crippen molar-refractivity contribution in [1.29, 1.82) is 0 Å². The number of hydrogen-bond donors (Lipinski definition) is 2. The molecule has 1 heterocycles. The summed E-state index contributed by atoms with van der Waals surface area (Å²) in [5.74, 6) is 0.378. The van der Waals surface area contributed by atoms with Crippen LogP contribution in [0.15, 0.2) is 0 Å². The first-order valence-corrected chi connectivity index (χ1v) is 5.76. The molecule has 1 aliphatic rings. The lowest BCUT2D eigenvalue weighted by Crippen LogP contribution is -2.45. The fraction of sp³-hybridized carbons (Fsp3) is 0.909. The Morgan fingerprint density at radius 3 is 2.80 bits per heavy atom. The van der Waals surface area contributed by atoms with Crippen molar-refractivity contribution in [2.75, 3.05) is 13.2 Å². The van der Waals surface area contributed by atoms with Crippen LogP contribution in [0.1, 0.15) is 33.1 Å². The van der Waals surface area contributed by atoms with Crippen molar-refractivity contribution in [3.63, 3.8) is 0 Å². The van der Waals surface area contributed by atoms with Crippen LogP contribution >= 0.6 is 0 Å². The van der Waals surface area contributed by atoms with Crippen molar-refractivity contribution in [3.05, 3.63) is 0 Å². The van der Waals surface area contributed by atoms with E-state index in [1.165, 1.54) is 0 Å². The molecule has 0 aliphatic carbocycles. The third-order valence-electron chi connectivity index (χ3n) is 2.84. The summed E-state index contributed by atoms with van der Waals surface area (Å²) in [5.41, 5.74) is 5.84. The molecule has 1 aliphatic heterocycles. The second-order valence-electron chi connectivity index (χ2n) is 4.51. The molecule has 0 saturated carbocycles. The fourth-order valence-electron chi connectivity index (χ4n) is 1.52. The van der Waals surface area contributed by atoms with E-state index in [2.05, 4.69) is 5.32 Å². The van der Waals surface area contributed by atoms with E-state index in [-0.39, 0.29) is 18.1 Å². The predicted octanol–water partition coefficient (Wildman–Crippen LogP) is 0.655. The summed E-state index contributed by atoms with van der Waals surface area (Å²) < 4.78 is 5.38. The van der Waals surface area contributed by atoms with Crippen LogP contribution in [0, 0.1) is 5.92 Å². The predicted molar refractivity (Wildman–Crippen MR) is 59.4 cm³/mol. The lowest BCUT2D eigenvalue weighted by atomic mass is 10.1. The molecule has 1 rings (SSSR count). The number of ether oxygens (including phenoxy) is 1. The van der Waals surface area contributed by atoms with Crippen LogP contribution in [-0.2, 0) is 9.53 Å². The van der Waals surface area contributed by atoms with Crippen LogP contribution < -0.4 is 11.1 Å². The van der Waals surface area contributed by atoms with Gasteiger partial charge in [-0.3, -0.25) is 4.79 Å². The van der Waals surface area contributed by atoms with Gasteiger partial charge in [-0.25, -0.2) is 0 Å². The first kappa shape index (κ1) is 12.5. The maximum atomic E-state index is 11.6. The van der Waals surface area contributed by atoms with E-state index < -0.39 is 0 Å². The van der Waals surface area contributed by atoms with E-state index in [0.717, 1.165) is 19.3 Å². The number of nitrogens with two attached hydrogens (primary N) is 1. The summed E-state index contributed by atoms with van der Waals surface area (Å²) in [6.07, 6.45) is 2.73. The van der Waals surface area contributed by atoms with Gasteiger partial charge in [-0.1, -0.05) is 13.8 Å². The molecule has 1 fully saturated rings. The lowest BCUT2D eigenvalue weighted by Gasteiger charge is -2.23. The zero-order valence-electron chi connectivity index (χ0n) is 9.66. The lowest BCUT2D eigenvalue weighted by molar-refractivity contribution is -0.135. The van der Waals surface area contributed by atoms with E-state index in [0.29, 0.717) is 19.1 Å². The Morgan fingerprint density at radius 2 is 2.27 bits per heavy atom. The first-order valence-electron chi connectivity index (χ1n) is 5.76. The highest BCUT2D eigenvalue weighted by Gasteiger charge is 2.22. The van der Waals surface area contributed by atoms with Gasteiger partial charge in [0.2, 0.25) is 5.91 Å². The molecular formula is C11H22N2O2. The second kappa shape index (κ2) is 6.08. The Balaban J connectivity index is 2.22. The van der Waals surface area contributed by atoms with E-state index in [1.807, 2.05) is 13.8 Å². The van der Waals surface area contributed by atoms with Gasteiger partial charge in [-0.05, 0) is 25.2 Å². The molecule has 1 saturated heterocycles. The molecular weight excluding hydrogens is 192 g/mol. The monoisotopic (exact) mass is 214 g/mol. The van der Waals surface area contributed by atoms with Gasteiger partial charge in [-0.2, -0.15) is 0 Å². The highest BCUT2D eigenvalue weighted by atomic mass is 16.5. The van der Waals surface area contributed by atoms with Gasteiger partial charge in [-0.15, -0.1) is 0 Å². The number of carbonyl (C=O) groups excluding carboxylic acids is 1. The van der Waals surface area contributed by atoms with Crippen molar-refractivity contribution in [3.8, 4) is 0 Å². The van der Waals surface area contributed by atoms with Gasteiger partial charge in [0.05, 0.1) is 0 Å². The Morgan fingerprint density at radius 1 is 1.53 bits per heavy atom. The zero-order valence-corrected chi connectivity index (χ0v) is 9.66. The van der Waals surface area contributed by atoms with Crippen molar-refractivity contribution < 1.29 is 9.53 Å². The quantitative estimate of drug-likeness (QED) is 0.722. The highest BCUT2D eigenvalue weighted by Crippen LogP contribution is 2.12. The minimum atomic E-state index is -0.252. The van der Waals surface area contributed by atoms with Crippen LogP contribution in [0.25, 0.3) is 0 Å². The van der Waals surface area contributed by atoms with Crippen molar-refractivity contribution in [2.45, 2.75) is 45.3 Å². The van der Waals surface area contributed by atoms with Crippen molar-refractivity contribution in [1.82, 2.24) is 5.32 Å². The van der Waals surface area contributed by atoms with Crippen LogP contribution in [0.5, 0.6) is 0 Å². The Hall–Kier alpha value is -0.610. The molecule has 4 nitrogen and oxygen atoms in total. The number of rotatable bonds is 4. The van der Waals surface area contributed by atoms with Crippen molar-refractivity contribution >= 4 is 5.91 Å². The van der Waals surface area contributed by atoms with Gasteiger partial charge in [0.1, 0.15) is 6.10 Å². The summed E-state index contributed by atoms with van der Waals surface area (Å²) in [4.78, 5) is 11.6. The Labute approximate surface area is 91.5 Å². The number of nitrogens with one attached hydrogen (secondary N) is 1. The third-order valence-corrected chi connectivity index (χ3v) is 2.84. The average molecular weight is 214 g/mol. The summed E-state index contributed by atoms with van der Waals surface area (Å²) in [5, 5.41) is 2.84. The van der Waals surface area contributed by atoms with Gasteiger partial charge in [0.15, 0.2) is 0 Å². The fourth-order valence-corrected chi connectivity index (χ4v) is 1.52. The second-order valence-corrected chi connectivity index (χ2v) is 4.51. The Bertz CT molecular complexity index is 201. The first-order chi connectivity index (χ1) is 7.11. The SMILES string of the molecule is CC(C)C(N)CNC(=O)C1CCCCO1. The van der Waals surface area contributed by atoms with Gasteiger partial charge in [0.25, 0.3) is 0 Å². The number of carbonyl (C=O) groups is 1. The topological polar surface area (TPSA) is 64.3 Å². The molecule has 2 unspecified atom stereocenters. The zero-order chi connectivity index (χ0) is 11.3. The van der Waals surface area contributed by atoms with E-state index in [4.69, 9.17) is 10.5 Å². The summed E-state index contributed by atoms with van der Waals surface area (Å²) in [6.45, 7) is 5.34. The smallest absolute Gasteiger partial charge is 0.249 e. The maximum absolute atomic E-state index is 11.6. The van der Waals surface area contributed by atoms with Crippen LogP contribution in [-0.4, -0.2) is 31.2 Å². The maximum Gasteiger partial charge on any atom is 0.249 e. The molecule has 0 aromatic carbocycles. The number of amides is 1. The normalized spacial score (nSPS) is 23.9. The average Bonchev–Trinajstić information content (AvgIpc) is 2.26. The van der Waals surface area contributed by atoms with Gasteiger partial charge < -0.3 is 15.8 Å². The van der Waals surface area contributed by atoms with Crippen LogP contribution in [0.2, 0.25) is 0 Å². The van der Waals surface area contributed by atoms with Crippen LogP contribution in [0.3, 0.4) is 0 Å². The largest absolute Gasteiger partial charge is 0.368 e. The molecule has 0 bridgehead atoms. The molecule has 88 valence electrons. The number of hydrogen-bond acceptors (Lipinski definition) is 3. The van der Waals surface area contributed by atoms with E-state index >= 15 is 0 Å². The van der Waals surface area contributed by atoms with E-state index in [9.17, 15) is 4.79 Å². The van der Waals surface area contributed by atoms with Gasteiger partial charge in [0, 0.05) is 19.2 Å². The molecule has 0 radical (unpaired) electrons. The molecule has 4 heteroatoms. The molecule has 2 atom stereocenters. The molecule has 3 N–H and O–H groups in total. The summed E-state index contributed by atoms with van der Waals surface area (Å²) in [6, 6.07) is 0.0255. The van der Waals surface area contributed by atoms with Crippen molar-refractivity contribution in [2.24, 2.45) is 11.7 Å². The molecule has 0 aromatic rings. The highest BCUT2D eigenvalue weighted by molar-refractivity contribution is 5.80. The Kier molecular flexibility index (Phi) is 5.05. The molecule has 15 heavy (non-hydrogen) atoms. The third kappa shape index (κ3) is 4.18. The summed E-state index contributed by atoms with van der Waals surface area (Å²) in [7, 11) is 0. The summed E-state index contributed by atoms with van der Waals surface area (Å²) >= 11 is 0. The standard InChI is InChI=1S/C11H22N2O2/c1-8(2)9(12)7-13-11(14)10-5-3-4-6-15-10/h8-10H,3-7,12H2,1-2H3,(H,13,14). The van der Waals surface area contributed by atoms with E-state index in [1.54, 1.807) is 0 Å². The molecule has 1 amide bonds. The van der Waals surface area contributed by atoms with Gasteiger partial charge >= 0.3 is 0 Å². The minimum absolute atomic E-state index is 0.00852. The van der Waals surface area contributed by atoms with Crippen LogP contribution in [0.4, 0.5) is 0 Å².